The Morgan fingerprint density at radius 2 is 1.97 bits per heavy atom. The van der Waals surface area contributed by atoms with Gasteiger partial charge in [0.25, 0.3) is 0 Å². The molecular weight excluding hydrogens is 446 g/mol. The van der Waals surface area contributed by atoms with E-state index in [4.69, 9.17) is 4.74 Å². The van der Waals surface area contributed by atoms with Crippen LogP contribution in [0.25, 0.3) is 0 Å². The van der Waals surface area contributed by atoms with Crippen molar-refractivity contribution < 1.29 is 19.4 Å². The molecule has 154 valence electrons. The van der Waals surface area contributed by atoms with Crippen LogP contribution in [-0.4, -0.2) is 24.0 Å². The lowest BCUT2D eigenvalue weighted by atomic mass is 9.60. The number of allylic oxidation sites excluding steroid dienone is 3. The molecule has 3 atom stereocenters. The van der Waals surface area contributed by atoms with E-state index in [1.54, 1.807) is 42.5 Å². The van der Waals surface area contributed by atoms with Gasteiger partial charge in [0.1, 0.15) is 0 Å². The molecule has 0 bridgehead atoms. The Morgan fingerprint density at radius 1 is 1.27 bits per heavy atom. The molecule has 5 nitrogen and oxygen atoms in total. The molecular formula is C24H22BrNO4. The van der Waals surface area contributed by atoms with Crippen LogP contribution in [0.15, 0.2) is 71.2 Å². The number of hydrogen-bond donors (Lipinski definition) is 1. The first-order valence-corrected chi connectivity index (χ1v) is 10.5. The Balaban J connectivity index is 1.93. The van der Waals surface area contributed by atoms with Crippen LogP contribution in [0.2, 0.25) is 0 Å². The number of nitrogens with zero attached hydrogens (tertiary/aromatic N) is 1. The van der Waals surface area contributed by atoms with Crippen LogP contribution in [0.4, 0.5) is 5.69 Å². The van der Waals surface area contributed by atoms with Gasteiger partial charge in [-0.3, -0.25) is 9.59 Å². The van der Waals surface area contributed by atoms with E-state index in [0.29, 0.717) is 27.9 Å². The molecule has 2 aromatic rings. The molecule has 1 aliphatic heterocycles. The maximum absolute atomic E-state index is 13.8. The van der Waals surface area contributed by atoms with Crippen LogP contribution in [0.1, 0.15) is 24.8 Å². The second-order valence-electron chi connectivity index (χ2n) is 7.77. The number of carbonyl (C=O) groups is 2. The number of halogens is 1. The topological polar surface area (TPSA) is 66.8 Å². The van der Waals surface area contributed by atoms with E-state index in [2.05, 4.69) is 22.5 Å². The van der Waals surface area contributed by atoms with E-state index in [1.165, 1.54) is 12.0 Å². The average Bonchev–Trinajstić information content (AvgIpc) is 2.95. The SMILES string of the molecule is C=CC1=CC[C@H]2C(=O)N(c3ccccc3)C(=O)[C@@]2(C)[C@H]1c1cc(Br)cc(OC)c1O. The van der Waals surface area contributed by atoms with Gasteiger partial charge in [-0.1, -0.05) is 52.9 Å². The van der Waals surface area contributed by atoms with Crippen molar-refractivity contribution in [2.45, 2.75) is 19.3 Å². The molecule has 1 heterocycles. The lowest BCUT2D eigenvalue weighted by Crippen LogP contribution is -2.41. The third-order valence-electron chi connectivity index (χ3n) is 6.28. The molecule has 0 unspecified atom stereocenters. The highest BCUT2D eigenvalue weighted by atomic mass is 79.9. The fraction of sp³-hybridized carbons (Fsp3) is 0.250. The third kappa shape index (κ3) is 2.82. The van der Waals surface area contributed by atoms with Crippen molar-refractivity contribution in [3.63, 3.8) is 0 Å². The van der Waals surface area contributed by atoms with Crippen molar-refractivity contribution in [3.05, 3.63) is 76.8 Å². The van der Waals surface area contributed by atoms with Crippen LogP contribution in [-0.2, 0) is 9.59 Å². The number of methoxy groups -OCH3 is 1. The van der Waals surface area contributed by atoms with E-state index in [0.717, 1.165) is 5.57 Å². The Morgan fingerprint density at radius 3 is 2.60 bits per heavy atom. The zero-order valence-electron chi connectivity index (χ0n) is 16.8. The van der Waals surface area contributed by atoms with Crippen LogP contribution in [0.5, 0.6) is 11.5 Å². The summed E-state index contributed by atoms with van der Waals surface area (Å²) in [5, 5.41) is 10.9. The van der Waals surface area contributed by atoms with Gasteiger partial charge in [-0.05, 0) is 43.2 Å². The fourth-order valence-corrected chi connectivity index (χ4v) is 5.24. The summed E-state index contributed by atoms with van der Waals surface area (Å²) in [4.78, 5) is 28.4. The van der Waals surface area contributed by atoms with Crippen molar-refractivity contribution in [1.29, 1.82) is 0 Å². The summed E-state index contributed by atoms with van der Waals surface area (Å²) in [7, 11) is 1.47. The number of amides is 2. The first kappa shape index (κ1) is 20.4. The molecule has 1 aliphatic carbocycles. The number of fused-ring (bicyclic) bond motifs is 1. The van der Waals surface area contributed by atoms with Gasteiger partial charge in [0.15, 0.2) is 11.5 Å². The average molecular weight is 468 g/mol. The monoisotopic (exact) mass is 467 g/mol. The van der Waals surface area contributed by atoms with Crippen molar-refractivity contribution in [1.82, 2.24) is 0 Å². The molecule has 0 saturated carbocycles. The van der Waals surface area contributed by atoms with Gasteiger partial charge in [-0.25, -0.2) is 4.90 Å². The molecule has 2 aliphatic rings. The third-order valence-corrected chi connectivity index (χ3v) is 6.74. The fourth-order valence-electron chi connectivity index (χ4n) is 4.79. The van der Waals surface area contributed by atoms with Gasteiger partial charge >= 0.3 is 0 Å². The smallest absolute Gasteiger partial charge is 0.241 e. The van der Waals surface area contributed by atoms with Gasteiger partial charge < -0.3 is 9.84 Å². The summed E-state index contributed by atoms with van der Waals surface area (Å²) in [6.45, 7) is 5.73. The summed E-state index contributed by atoms with van der Waals surface area (Å²) in [5.41, 5.74) is 0.808. The number of anilines is 1. The standard InChI is InChI=1S/C24H22BrNO4/c1-4-14-10-11-18-22(28)26(16-8-6-5-7-9-16)23(29)24(18,2)20(14)17-12-15(25)13-19(30-3)21(17)27/h4-10,12-13,18,20,27H,1,11H2,2-3H3/t18-,20+,24+/m0/s1. The number of aromatic hydroxyl groups is 1. The minimum Gasteiger partial charge on any atom is -0.504 e. The lowest BCUT2D eigenvalue weighted by Gasteiger charge is -2.40. The molecule has 0 aromatic heterocycles. The number of imide groups is 1. The zero-order valence-corrected chi connectivity index (χ0v) is 18.3. The number of carbonyl (C=O) groups excluding carboxylic acids is 2. The molecule has 2 amide bonds. The molecule has 1 N–H and O–H groups in total. The quantitative estimate of drug-likeness (QED) is 0.645. The number of rotatable bonds is 4. The summed E-state index contributed by atoms with van der Waals surface area (Å²) >= 11 is 3.46. The highest BCUT2D eigenvalue weighted by Crippen LogP contribution is 2.58. The predicted molar refractivity (Wildman–Crippen MR) is 119 cm³/mol. The van der Waals surface area contributed by atoms with E-state index < -0.39 is 17.3 Å². The van der Waals surface area contributed by atoms with Gasteiger partial charge in [0, 0.05) is 16.0 Å². The zero-order chi connectivity index (χ0) is 21.6. The molecule has 4 rings (SSSR count). The van der Waals surface area contributed by atoms with Gasteiger partial charge in [0.2, 0.25) is 11.8 Å². The Hall–Kier alpha value is -2.86. The Kier molecular flexibility index (Phi) is 5.06. The summed E-state index contributed by atoms with van der Waals surface area (Å²) in [6.07, 6.45) is 4.08. The largest absolute Gasteiger partial charge is 0.504 e. The number of benzene rings is 2. The lowest BCUT2D eigenvalue weighted by molar-refractivity contribution is -0.127. The predicted octanol–water partition coefficient (Wildman–Crippen LogP) is 4.96. The highest BCUT2D eigenvalue weighted by molar-refractivity contribution is 9.10. The van der Waals surface area contributed by atoms with Gasteiger partial charge in [-0.15, -0.1) is 0 Å². The maximum Gasteiger partial charge on any atom is 0.241 e. The van der Waals surface area contributed by atoms with Crippen molar-refractivity contribution in [3.8, 4) is 11.5 Å². The second-order valence-corrected chi connectivity index (χ2v) is 8.69. The molecule has 1 saturated heterocycles. The number of para-hydroxylation sites is 1. The van der Waals surface area contributed by atoms with E-state index in [9.17, 15) is 14.7 Å². The summed E-state index contributed by atoms with van der Waals surface area (Å²) < 4.78 is 6.03. The first-order chi connectivity index (χ1) is 14.3. The van der Waals surface area contributed by atoms with Crippen molar-refractivity contribution in [2.75, 3.05) is 12.0 Å². The van der Waals surface area contributed by atoms with Crippen LogP contribution < -0.4 is 9.64 Å². The van der Waals surface area contributed by atoms with Gasteiger partial charge in [-0.2, -0.15) is 0 Å². The van der Waals surface area contributed by atoms with Crippen molar-refractivity contribution in [2.24, 2.45) is 11.3 Å². The number of hydrogen-bond acceptors (Lipinski definition) is 4. The van der Waals surface area contributed by atoms with E-state index >= 15 is 0 Å². The summed E-state index contributed by atoms with van der Waals surface area (Å²) in [6, 6.07) is 12.4. The van der Waals surface area contributed by atoms with Crippen LogP contribution in [0, 0.1) is 11.3 Å². The Bertz CT molecular complexity index is 1080. The second kappa shape index (κ2) is 7.43. The van der Waals surface area contributed by atoms with Crippen LogP contribution >= 0.6 is 15.9 Å². The minimum absolute atomic E-state index is 0.0428. The maximum atomic E-state index is 13.8. The molecule has 2 aromatic carbocycles. The van der Waals surface area contributed by atoms with Crippen molar-refractivity contribution >= 4 is 33.4 Å². The molecule has 0 radical (unpaired) electrons. The number of ether oxygens (including phenoxy) is 1. The Labute approximate surface area is 183 Å². The normalized spacial score (nSPS) is 25.7. The first-order valence-electron chi connectivity index (χ1n) is 9.66. The van der Waals surface area contributed by atoms with E-state index in [-0.39, 0.29) is 17.6 Å². The summed E-state index contributed by atoms with van der Waals surface area (Å²) in [5.74, 6) is -1.34. The highest BCUT2D eigenvalue weighted by Gasteiger charge is 2.62. The molecule has 1 fully saturated rings. The molecule has 6 heteroatoms. The number of phenolic OH excluding ortho intramolecular Hbond substituents is 1. The molecule has 30 heavy (non-hydrogen) atoms. The molecule has 0 spiro atoms. The number of phenols is 1. The van der Waals surface area contributed by atoms with Gasteiger partial charge in [0.05, 0.1) is 24.1 Å². The van der Waals surface area contributed by atoms with Crippen LogP contribution in [0.3, 0.4) is 0 Å². The minimum atomic E-state index is -1.07. The van der Waals surface area contributed by atoms with E-state index in [1.807, 2.05) is 19.1 Å².